The summed E-state index contributed by atoms with van der Waals surface area (Å²) in [5.41, 5.74) is 0.376. The summed E-state index contributed by atoms with van der Waals surface area (Å²) in [6.45, 7) is -1.03. The van der Waals surface area contributed by atoms with Crippen molar-refractivity contribution in [1.29, 1.82) is 0 Å². The van der Waals surface area contributed by atoms with Gasteiger partial charge in [0.25, 0.3) is 11.8 Å². The van der Waals surface area contributed by atoms with Crippen LogP contribution in [0.25, 0.3) is 0 Å². The van der Waals surface area contributed by atoms with Gasteiger partial charge in [0, 0.05) is 21.2 Å². The molecule has 8 heteroatoms. The number of hydrogen-bond donors (Lipinski definition) is 0. The average molecular weight is 391 g/mol. The molecule has 0 bridgehead atoms. The second-order valence-electron chi connectivity index (χ2n) is 5.59. The van der Waals surface area contributed by atoms with Gasteiger partial charge in [-0.25, -0.2) is 0 Å². The van der Waals surface area contributed by atoms with Gasteiger partial charge in [0.2, 0.25) is 11.8 Å². The number of imide groups is 2. The Bertz CT molecular complexity index is 853. The Morgan fingerprint density at radius 3 is 1.46 bits per heavy atom. The highest BCUT2D eigenvalue weighted by molar-refractivity contribution is 6.31. The molecule has 1 aliphatic heterocycles. The van der Waals surface area contributed by atoms with Crippen LogP contribution in [0.4, 0.5) is 0 Å². The molecule has 1 saturated heterocycles. The minimum atomic E-state index is -0.648. The van der Waals surface area contributed by atoms with Gasteiger partial charge in [0.1, 0.15) is 13.1 Å². The van der Waals surface area contributed by atoms with Crippen LogP contribution in [0, 0.1) is 0 Å². The summed E-state index contributed by atoms with van der Waals surface area (Å²) in [6.07, 6.45) is 0. The number of carbonyl (C=O) groups is 4. The molecule has 0 atom stereocenters. The second kappa shape index (κ2) is 7.27. The lowest BCUT2D eigenvalue weighted by Crippen LogP contribution is -2.57. The van der Waals surface area contributed by atoms with Crippen LogP contribution in [0.5, 0.6) is 0 Å². The van der Waals surface area contributed by atoms with Gasteiger partial charge in [-0.2, -0.15) is 0 Å². The standard InChI is InChI=1S/C18H12Cl2N2O4/c19-13-5-1-3-11(7-13)17(25)21-9-16(24)22(10-15(21)23)18(26)12-4-2-6-14(20)8-12/h1-8H,9-10H2. The van der Waals surface area contributed by atoms with Crippen molar-refractivity contribution in [2.24, 2.45) is 0 Å². The van der Waals surface area contributed by atoms with E-state index < -0.39 is 36.7 Å². The van der Waals surface area contributed by atoms with Crippen molar-refractivity contribution in [3.8, 4) is 0 Å². The Hall–Kier alpha value is -2.70. The van der Waals surface area contributed by atoms with E-state index in [4.69, 9.17) is 23.2 Å². The summed E-state index contributed by atoms with van der Waals surface area (Å²) in [5, 5.41) is 0.675. The van der Waals surface area contributed by atoms with E-state index in [0.29, 0.717) is 10.0 Å². The summed E-state index contributed by atoms with van der Waals surface area (Å²) in [5.74, 6) is -2.57. The minimum absolute atomic E-state index is 0.188. The Labute approximate surface area is 158 Å². The number of carbonyl (C=O) groups excluding carboxylic acids is 4. The molecular weight excluding hydrogens is 379 g/mol. The molecule has 1 fully saturated rings. The van der Waals surface area contributed by atoms with Gasteiger partial charge in [-0.05, 0) is 36.4 Å². The van der Waals surface area contributed by atoms with Crippen LogP contribution in [0.3, 0.4) is 0 Å². The Morgan fingerprint density at radius 2 is 1.12 bits per heavy atom. The molecular formula is C18H12Cl2N2O4. The molecule has 0 saturated carbocycles. The lowest BCUT2D eigenvalue weighted by Gasteiger charge is -2.31. The molecule has 132 valence electrons. The van der Waals surface area contributed by atoms with Crippen molar-refractivity contribution in [3.05, 3.63) is 69.7 Å². The number of benzene rings is 2. The van der Waals surface area contributed by atoms with Crippen molar-refractivity contribution in [2.45, 2.75) is 0 Å². The first-order valence-electron chi connectivity index (χ1n) is 7.57. The number of piperazine rings is 1. The summed E-state index contributed by atoms with van der Waals surface area (Å²) in [7, 11) is 0. The second-order valence-corrected chi connectivity index (χ2v) is 6.46. The Kier molecular flexibility index (Phi) is 5.06. The van der Waals surface area contributed by atoms with E-state index in [0.717, 1.165) is 9.80 Å². The molecule has 0 aliphatic carbocycles. The van der Waals surface area contributed by atoms with E-state index in [9.17, 15) is 19.2 Å². The van der Waals surface area contributed by atoms with Gasteiger partial charge in [0.15, 0.2) is 0 Å². The van der Waals surface area contributed by atoms with Gasteiger partial charge in [-0.15, -0.1) is 0 Å². The predicted molar refractivity (Wildman–Crippen MR) is 95.0 cm³/mol. The van der Waals surface area contributed by atoms with Crippen LogP contribution in [-0.4, -0.2) is 46.5 Å². The largest absolute Gasteiger partial charge is 0.272 e. The van der Waals surface area contributed by atoms with Crippen molar-refractivity contribution >= 4 is 46.8 Å². The molecule has 0 spiro atoms. The third-order valence-corrected chi connectivity index (χ3v) is 4.29. The zero-order valence-electron chi connectivity index (χ0n) is 13.3. The van der Waals surface area contributed by atoms with Gasteiger partial charge < -0.3 is 0 Å². The van der Waals surface area contributed by atoms with Crippen LogP contribution < -0.4 is 0 Å². The first-order valence-corrected chi connectivity index (χ1v) is 8.33. The fourth-order valence-corrected chi connectivity index (χ4v) is 2.92. The zero-order valence-corrected chi connectivity index (χ0v) is 14.8. The number of nitrogens with zero attached hydrogens (tertiary/aromatic N) is 2. The van der Waals surface area contributed by atoms with Crippen molar-refractivity contribution in [3.63, 3.8) is 0 Å². The fraction of sp³-hybridized carbons (Fsp3) is 0.111. The summed E-state index contributed by atoms with van der Waals surface area (Å²) in [6, 6.07) is 12.1. The molecule has 6 nitrogen and oxygen atoms in total. The van der Waals surface area contributed by atoms with E-state index in [2.05, 4.69) is 0 Å². The minimum Gasteiger partial charge on any atom is -0.272 e. The van der Waals surface area contributed by atoms with E-state index in [1.165, 1.54) is 24.3 Å². The average Bonchev–Trinajstić information content (AvgIpc) is 2.62. The van der Waals surface area contributed by atoms with Crippen LogP contribution in [0.15, 0.2) is 48.5 Å². The van der Waals surface area contributed by atoms with Crippen LogP contribution >= 0.6 is 23.2 Å². The fourth-order valence-electron chi connectivity index (χ4n) is 2.54. The molecule has 2 aromatic rings. The van der Waals surface area contributed by atoms with Crippen molar-refractivity contribution in [2.75, 3.05) is 13.1 Å². The molecule has 1 heterocycles. The number of amides is 4. The maximum absolute atomic E-state index is 12.5. The topological polar surface area (TPSA) is 74.8 Å². The van der Waals surface area contributed by atoms with E-state index in [1.54, 1.807) is 24.3 Å². The number of hydrogen-bond acceptors (Lipinski definition) is 4. The lowest BCUT2D eigenvalue weighted by atomic mass is 10.1. The highest BCUT2D eigenvalue weighted by atomic mass is 35.5. The van der Waals surface area contributed by atoms with E-state index in [1.807, 2.05) is 0 Å². The molecule has 0 unspecified atom stereocenters. The molecule has 2 aromatic carbocycles. The maximum atomic E-state index is 12.5. The molecule has 0 radical (unpaired) electrons. The summed E-state index contributed by atoms with van der Waals surface area (Å²) < 4.78 is 0. The quantitative estimate of drug-likeness (QED) is 0.738. The molecule has 26 heavy (non-hydrogen) atoms. The van der Waals surface area contributed by atoms with Crippen molar-refractivity contribution in [1.82, 2.24) is 9.80 Å². The lowest BCUT2D eigenvalue weighted by molar-refractivity contribution is -0.145. The third kappa shape index (κ3) is 3.61. The van der Waals surface area contributed by atoms with Gasteiger partial charge in [-0.1, -0.05) is 35.3 Å². The molecule has 0 N–H and O–H groups in total. The van der Waals surface area contributed by atoms with Gasteiger partial charge in [-0.3, -0.25) is 29.0 Å². The van der Waals surface area contributed by atoms with Crippen LogP contribution in [-0.2, 0) is 9.59 Å². The zero-order chi connectivity index (χ0) is 18.8. The molecule has 0 aromatic heterocycles. The summed E-state index contributed by atoms with van der Waals surface area (Å²) in [4.78, 5) is 51.3. The first kappa shape index (κ1) is 18.1. The Morgan fingerprint density at radius 1 is 0.731 bits per heavy atom. The van der Waals surface area contributed by atoms with Crippen molar-refractivity contribution < 1.29 is 19.2 Å². The SMILES string of the molecule is O=C1CN(C(=O)c2cccc(Cl)c2)C(=O)CN1C(=O)c1cccc(Cl)c1. The number of rotatable bonds is 2. The Balaban J connectivity index is 1.79. The summed E-state index contributed by atoms with van der Waals surface area (Å²) >= 11 is 11.7. The van der Waals surface area contributed by atoms with Gasteiger partial charge in [0.05, 0.1) is 0 Å². The number of halogens is 2. The highest BCUT2D eigenvalue weighted by Gasteiger charge is 2.37. The monoisotopic (exact) mass is 390 g/mol. The van der Waals surface area contributed by atoms with E-state index >= 15 is 0 Å². The maximum Gasteiger partial charge on any atom is 0.261 e. The first-order chi connectivity index (χ1) is 12.4. The molecule has 4 amide bonds. The van der Waals surface area contributed by atoms with Crippen LogP contribution in [0.1, 0.15) is 20.7 Å². The highest BCUT2D eigenvalue weighted by Crippen LogP contribution is 2.18. The molecule has 3 rings (SSSR count). The van der Waals surface area contributed by atoms with E-state index in [-0.39, 0.29) is 11.1 Å². The smallest absolute Gasteiger partial charge is 0.261 e. The van der Waals surface area contributed by atoms with Gasteiger partial charge >= 0.3 is 0 Å². The third-order valence-electron chi connectivity index (χ3n) is 3.82. The predicted octanol–water partition coefficient (Wildman–Crippen LogP) is 2.64. The molecule has 1 aliphatic rings. The normalized spacial score (nSPS) is 14.5. The van der Waals surface area contributed by atoms with Crippen LogP contribution in [0.2, 0.25) is 10.0 Å².